The predicted molar refractivity (Wildman–Crippen MR) is 134 cm³/mol. The minimum absolute atomic E-state index is 0.0188. The molecule has 8 nitrogen and oxygen atoms in total. The lowest BCUT2D eigenvalue weighted by atomic mass is 9.88. The summed E-state index contributed by atoms with van der Waals surface area (Å²) >= 11 is 0. The van der Waals surface area contributed by atoms with Crippen molar-refractivity contribution in [3.8, 4) is 0 Å². The fourth-order valence-electron chi connectivity index (χ4n) is 4.56. The first-order valence-corrected chi connectivity index (χ1v) is 12.7. The molecule has 0 spiro atoms. The van der Waals surface area contributed by atoms with E-state index in [0.717, 1.165) is 29.3 Å². The molecule has 2 aliphatic heterocycles. The number of carboxylic acids is 1. The number of nitrogens with zero attached hydrogens (tertiary/aromatic N) is 4. The van der Waals surface area contributed by atoms with Gasteiger partial charge in [-0.25, -0.2) is 27.9 Å². The Balaban J connectivity index is 0.000000559. The van der Waals surface area contributed by atoms with Crippen LogP contribution in [0.3, 0.4) is 0 Å². The van der Waals surface area contributed by atoms with Gasteiger partial charge in [0.05, 0.1) is 17.9 Å². The fourth-order valence-corrected chi connectivity index (χ4v) is 4.56. The maximum atomic E-state index is 15.1. The number of halogens is 6. The SMILES string of the molecule is CC(=O)N1CCc2nc(N3CCC([C@H](F)c4ccc(F)cc4F)CC3)c(NC(C)C)nc2C1.O=C(O)C(F)(F)F. The first-order chi connectivity index (χ1) is 18.7. The number of anilines is 2. The van der Waals surface area contributed by atoms with E-state index in [9.17, 15) is 26.7 Å². The quantitative estimate of drug-likeness (QED) is 0.482. The Morgan fingerprint density at radius 3 is 2.23 bits per heavy atom. The molecule has 1 aromatic heterocycles. The second-order valence-electron chi connectivity index (χ2n) is 9.97. The highest BCUT2D eigenvalue weighted by Crippen LogP contribution is 2.37. The summed E-state index contributed by atoms with van der Waals surface area (Å²) in [4.78, 5) is 34.3. The molecule has 0 radical (unpaired) electrons. The molecule has 220 valence electrons. The number of alkyl halides is 4. The van der Waals surface area contributed by atoms with Gasteiger partial charge in [-0.15, -0.1) is 0 Å². The van der Waals surface area contributed by atoms with Crippen molar-refractivity contribution in [2.75, 3.05) is 29.9 Å². The van der Waals surface area contributed by atoms with Crippen LogP contribution in [0.5, 0.6) is 0 Å². The number of carbonyl (C=O) groups is 2. The van der Waals surface area contributed by atoms with Gasteiger partial charge in [0.1, 0.15) is 17.8 Å². The van der Waals surface area contributed by atoms with Gasteiger partial charge in [0.25, 0.3) is 0 Å². The van der Waals surface area contributed by atoms with Crippen LogP contribution in [-0.2, 0) is 22.6 Å². The number of carboxylic acid groups (broad SMARTS) is 1. The van der Waals surface area contributed by atoms with Crippen molar-refractivity contribution in [2.24, 2.45) is 5.92 Å². The summed E-state index contributed by atoms with van der Waals surface area (Å²) in [7, 11) is 0. The van der Waals surface area contributed by atoms with E-state index in [1.54, 1.807) is 11.8 Å². The largest absolute Gasteiger partial charge is 0.490 e. The van der Waals surface area contributed by atoms with Crippen LogP contribution in [0.4, 0.5) is 38.0 Å². The van der Waals surface area contributed by atoms with Gasteiger partial charge < -0.3 is 20.2 Å². The van der Waals surface area contributed by atoms with E-state index in [4.69, 9.17) is 19.9 Å². The minimum atomic E-state index is -5.08. The van der Waals surface area contributed by atoms with E-state index < -0.39 is 30.0 Å². The van der Waals surface area contributed by atoms with Gasteiger partial charge in [-0.3, -0.25) is 4.79 Å². The maximum absolute atomic E-state index is 15.1. The number of carbonyl (C=O) groups excluding carboxylic acids is 1. The second kappa shape index (κ2) is 12.7. The van der Waals surface area contributed by atoms with Crippen molar-refractivity contribution in [2.45, 2.75) is 65.0 Å². The summed E-state index contributed by atoms with van der Waals surface area (Å²) in [6.45, 7) is 7.78. The molecule has 1 atom stereocenters. The normalized spacial score (nSPS) is 16.6. The van der Waals surface area contributed by atoms with Gasteiger partial charge in [0.2, 0.25) is 5.91 Å². The number of benzene rings is 1. The van der Waals surface area contributed by atoms with Crippen LogP contribution >= 0.6 is 0 Å². The Morgan fingerprint density at radius 2 is 1.70 bits per heavy atom. The molecular weight excluding hydrogens is 544 g/mol. The van der Waals surface area contributed by atoms with Gasteiger partial charge in [0, 0.05) is 50.7 Å². The van der Waals surface area contributed by atoms with Gasteiger partial charge >= 0.3 is 12.1 Å². The lowest BCUT2D eigenvalue weighted by molar-refractivity contribution is -0.192. The molecule has 40 heavy (non-hydrogen) atoms. The van der Waals surface area contributed by atoms with E-state index >= 15 is 4.39 Å². The Labute approximate surface area is 227 Å². The number of aromatic nitrogens is 2. The van der Waals surface area contributed by atoms with Crippen LogP contribution in [0, 0.1) is 17.6 Å². The number of nitrogens with one attached hydrogen (secondary N) is 1. The highest BCUT2D eigenvalue weighted by molar-refractivity contribution is 5.74. The zero-order valence-corrected chi connectivity index (χ0v) is 22.2. The molecule has 1 fully saturated rings. The fraction of sp³-hybridized carbons (Fsp3) is 0.538. The minimum Gasteiger partial charge on any atom is -0.475 e. The van der Waals surface area contributed by atoms with Gasteiger partial charge in [-0.1, -0.05) is 6.07 Å². The summed E-state index contributed by atoms with van der Waals surface area (Å²) in [6, 6.07) is 3.17. The first-order valence-electron chi connectivity index (χ1n) is 12.7. The lowest BCUT2D eigenvalue weighted by Gasteiger charge is -2.36. The van der Waals surface area contributed by atoms with Crippen LogP contribution in [0.2, 0.25) is 0 Å². The molecular formula is C26H31F6N5O3. The smallest absolute Gasteiger partial charge is 0.475 e. The molecule has 4 rings (SSSR count). The zero-order valence-electron chi connectivity index (χ0n) is 22.2. The van der Waals surface area contributed by atoms with E-state index in [1.807, 2.05) is 13.8 Å². The third-order valence-corrected chi connectivity index (χ3v) is 6.62. The van der Waals surface area contributed by atoms with Crippen molar-refractivity contribution in [3.05, 3.63) is 46.8 Å². The van der Waals surface area contributed by atoms with Crippen molar-refractivity contribution in [1.29, 1.82) is 0 Å². The van der Waals surface area contributed by atoms with Crippen molar-refractivity contribution in [3.63, 3.8) is 0 Å². The molecule has 1 aromatic carbocycles. The van der Waals surface area contributed by atoms with E-state index in [0.29, 0.717) is 51.3 Å². The van der Waals surface area contributed by atoms with E-state index in [1.165, 1.54) is 6.07 Å². The molecule has 0 unspecified atom stereocenters. The van der Waals surface area contributed by atoms with Crippen molar-refractivity contribution >= 4 is 23.5 Å². The second-order valence-corrected chi connectivity index (χ2v) is 9.97. The summed E-state index contributed by atoms with van der Waals surface area (Å²) in [5.74, 6) is -3.24. The van der Waals surface area contributed by atoms with Crippen LogP contribution < -0.4 is 10.2 Å². The van der Waals surface area contributed by atoms with Crippen LogP contribution in [-0.4, -0.2) is 63.7 Å². The number of piperidine rings is 1. The molecule has 14 heteroatoms. The molecule has 2 aromatic rings. The molecule has 1 amide bonds. The number of rotatable bonds is 5. The molecule has 2 N–H and O–H groups in total. The maximum Gasteiger partial charge on any atom is 0.490 e. The lowest BCUT2D eigenvalue weighted by Crippen LogP contribution is -2.38. The Bertz CT molecular complexity index is 1220. The van der Waals surface area contributed by atoms with Gasteiger partial charge in [-0.05, 0) is 38.7 Å². The predicted octanol–water partition coefficient (Wildman–Crippen LogP) is 5.04. The monoisotopic (exact) mass is 575 g/mol. The molecule has 0 saturated carbocycles. The van der Waals surface area contributed by atoms with E-state index in [2.05, 4.69) is 10.2 Å². The highest BCUT2D eigenvalue weighted by atomic mass is 19.4. The van der Waals surface area contributed by atoms with Crippen LogP contribution in [0.25, 0.3) is 0 Å². The highest BCUT2D eigenvalue weighted by Gasteiger charge is 2.38. The number of hydrogen-bond acceptors (Lipinski definition) is 6. The summed E-state index contributed by atoms with van der Waals surface area (Å²) in [5.41, 5.74) is 1.60. The van der Waals surface area contributed by atoms with Crippen molar-refractivity contribution < 1.29 is 41.0 Å². The summed E-state index contributed by atoms with van der Waals surface area (Å²) in [6.07, 6.45) is -4.87. The van der Waals surface area contributed by atoms with Crippen LogP contribution in [0.15, 0.2) is 18.2 Å². The number of amides is 1. The number of fused-ring (bicyclic) bond motifs is 1. The average molecular weight is 576 g/mol. The van der Waals surface area contributed by atoms with Gasteiger partial charge in [-0.2, -0.15) is 13.2 Å². The number of aliphatic carboxylic acids is 1. The third kappa shape index (κ3) is 7.75. The molecule has 3 heterocycles. The summed E-state index contributed by atoms with van der Waals surface area (Å²) < 4.78 is 74.1. The zero-order chi connectivity index (χ0) is 29.8. The molecule has 0 bridgehead atoms. The van der Waals surface area contributed by atoms with Gasteiger partial charge in [0.15, 0.2) is 11.6 Å². The third-order valence-electron chi connectivity index (χ3n) is 6.62. The first kappa shape index (κ1) is 31.0. The Kier molecular flexibility index (Phi) is 9.85. The Hall–Kier alpha value is -3.58. The van der Waals surface area contributed by atoms with E-state index in [-0.39, 0.29) is 23.4 Å². The van der Waals surface area contributed by atoms with Crippen LogP contribution in [0.1, 0.15) is 56.7 Å². The van der Waals surface area contributed by atoms with Crippen molar-refractivity contribution in [1.82, 2.24) is 14.9 Å². The topological polar surface area (TPSA) is 98.7 Å². The summed E-state index contributed by atoms with van der Waals surface area (Å²) in [5, 5.41) is 10.5. The average Bonchev–Trinajstić information content (AvgIpc) is 2.87. The molecule has 1 saturated heterocycles. The molecule has 2 aliphatic rings. The number of hydrogen-bond donors (Lipinski definition) is 2. The molecule has 0 aliphatic carbocycles. The standard InChI is InChI=1S/C24H30F3N5O.C2HF3O2/c1-14(2)28-23-24(30-20-8-11-32(15(3)33)13-21(20)29-23)31-9-6-16(7-10-31)22(27)18-5-4-17(25)12-19(18)26;3-2(4,5)1(6)7/h4-5,12,14,16,22H,6-11,13H2,1-3H3,(H,28,29);(H,6,7)/t22-;/m0./s1. The Morgan fingerprint density at radius 1 is 1.07 bits per heavy atom.